The molecule has 0 spiro atoms. The third-order valence-corrected chi connectivity index (χ3v) is 0.621. The van der Waals surface area contributed by atoms with Crippen LogP contribution in [0.2, 0.25) is 0 Å². The van der Waals surface area contributed by atoms with E-state index in [9.17, 15) is 4.79 Å². The molecule has 0 saturated heterocycles. The first-order valence-electron chi connectivity index (χ1n) is 2.99. The van der Waals surface area contributed by atoms with E-state index in [-0.39, 0.29) is 12.2 Å². The summed E-state index contributed by atoms with van der Waals surface area (Å²) in [5.41, 5.74) is 2.44. The summed E-state index contributed by atoms with van der Waals surface area (Å²) in [7, 11) is 0. The van der Waals surface area contributed by atoms with Crippen LogP contribution in [-0.2, 0) is 4.79 Å². The van der Waals surface area contributed by atoms with E-state index in [0.29, 0.717) is 6.54 Å². The second kappa shape index (κ2) is 9.09. The highest BCUT2D eigenvalue weighted by Gasteiger charge is 1.90. The van der Waals surface area contributed by atoms with Crippen LogP contribution in [0.5, 0.6) is 0 Å². The van der Waals surface area contributed by atoms with Gasteiger partial charge in [-0.15, -0.1) is 0 Å². The molecule has 0 atom stereocenters. The van der Waals surface area contributed by atoms with Crippen molar-refractivity contribution in [3.8, 4) is 0 Å². The Morgan fingerprint density at radius 1 is 1.73 bits per heavy atom. The normalized spacial score (nSPS) is 7.91. The van der Waals surface area contributed by atoms with Crippen LogP contribution in [0, 0.1) is 0 Å². The van der Waals surface area contributed by atoms with Gasteiger partial charge in [-0.1, -0.05) is 6.58 Å². The van der Waals surface area contributed by atoms with E-state index in [0.717, 1.165) is 0 Å². The minimum Gasteiger partial charge on any atom is -0.478 e. The fourth-order valence-corrected chi connectivity index (χ4v) is 0.0645. The first kappa shape index (κ1) is 12.7. The number of hydrogen-bond acceptors (Lipinski definition) is 4. The molecule has 11 heavy (non-hydrogen) atoms. The van der Waals surface area contributed by atoms with Crippen molar-refractivity contribution in [2.24, 2.45) is 5.84 Å². The van der Waals surface area contributed by atoms with E-state index in [1.807, 2.05) is 0 Å². The van der Waals surface area contributed by atoms with Crippen molar-refractivity contribution in [2.75, 3.05) is 13.2 Å². The Morgan fingerprint density at radius 3 is 2.09 bits per heavy atom. The highest BCUT2D eigenvalue weighted by molar-refractivity contribution is 5.84. The number of aliphatic hydroxyl groups is 1. The first-order valence-corrected chi connectivity index (χ1v) is 2.99. The molecule has 0 aromatic rings. The first-order chi connectivity index (χ1) is 5.06. The Morgan fingerprint density at radius 2 is 2.09 bits per heavy atom. The van der Waals surface area contributed by atoms with Gasteiger partial charge < -0.3 is 10.2 Å². The molecule has 0 aromatic heterocycles. The predicted octanol–water partition coefficient (Wildman–Crippen LogP) is -0.911. The van der Waals surface area contributed by atoms with Crippen molar-refractivity contribution < 1.29 is 15.0 Å². The molecule has 0 saturated carbocycles. The molecule has 0 bridgehead atoms. The van der Waals surface area contributed by atoms with Crippen LogP contribution in [0.25, 0.3) is 0 Å². The van der Waals surface area contributed by atoms with E-state index in [2.05, 4.69) is 12.0 Å². The van der Waals surface area contributed by atoms with Crippen LogP contribution in [0.15, 0.2) is 12.2 Å². The molecule has 0 rings (SSSR count). The molecular formula is C6H14N2O3. The highest BCUT2D eigenvalue weighted by atomic mass is 16.4. The van der Waals surface area contributed by atoms with Crippen molar-refractivity contribution in [3.05, 3.63) is 12.2 Å². The van der Waals surface area contributed by atoms with Gasteiger partial charge in [-0.3, -0.25) is 11.3 Å². The highest BCUT2D eigenvalue weighted by Crippen LogP contribution is 1.81. The van der Waals surface area contributed by atoms with Gasteiger partial charge in [0.2, 0.25) is 0 Å². The number of carbonyl (C=O) groups is 1. The summed E-state index contributed by atoms with van der Waals surface area (Å²) in [6.07, 6.45) is 0. The third-order valence-electron chi connectivity index (χ3n) is 0.621. The Bertz CT molecular complexity index is 111. The van der Waals surface area contributed by atoms with Crippen molar-refractivity contribution >= 4 is 5.97 Å². The lowest BCUT2D eigenvalue weighted by atomic mass is 10.4. The molecular weight excluding hydrogens is 148 g/mol. The van der Waals surface area contributed by atoms with Crippen LogP contribution in [0.3, 0.4) is 0 Å². The Hall–Kier alpha value is -0.910. The number of carboxylic acid groups (broad SMARTS) is 1. The average molecular weight is 162 g/mol. The van der Waals surface area contributed by atoms with Gasteiger partial charge in [0.25, 0.3) is 0 Å². The van der Waals surface area contributed by atoms with Crippen LogP contribution in [-0.4, -0.2) is 29.3 Å². The molecule has 5 N–H and O–H groups in total. The summed E-state index contributed by atoms with van der Waals surface area (Å²) in [4.78, 5) is 9.60. The van der Waals surface area contributed by atoms with Gasteiger partial charge in [-0.2, -0.15) is 0 Å². The maximum absolute atomic E-state index is 9.60. The molecule has 0 radical (unpaired) electrons. The molecule has 0 amide bonds. The van der Waals surface area contributed by atoms with Crippen LogP contribution >= 0.6 is 0 Å². The third kappa shape index (κ3) is 17.6. The monoisotopic (exact) mass is 162 g/mol. The average Bonchev–Trinajstić information content (AvgIpc) is 1.90. The Kier molecular flexibility index (Phi) is 10.5. The number of hydrazine groups is 1. The number of aliphatic hydroxyl groups excluding tert-OH is 1. The molecule has 66 valence electrons. The van der Waals surface area contributed by atoms with Gasteiger partial charge in [0.15, 0.2) is 0 Å². The van der Waals surface area contributed by atoms with Crippen LogP contribution < -0.4 is 11.3 Å². The SMILES string of the molecule is C=C(C)C(=O)O.NNCCO. The standard InChI is InChI=1S/C4H6O2.C2H8N2O/c1-3(2)4(5)6;3-4-1-2-5/h1H2,2H3,(H,5,6);4-5H,1-3H2. The summed E-state index contributed by atoms with van der Waals surface area (Å²) in [5, 5.41) is 15.8. The van der Waals surface area contributed by atoms with E-state index >= 15 is 0 Å². The maximum atomic E-state index is 9.60. The summed E-state index contributed by atoms with van der Waals surface area (Å²) in [6, 6.07) is 0. The molecule has 5 nitrogen and oxygen atoms in total. The molecule has 0 unspecified atom stereocenters. The minimum atomic E-state index is -0.935. The predicted molar refractivity (Wildman–Crippen MR) is 41.7 cm³/mol. The molecule has 0 aliphatic carbocycles. The second-order valence-corrected chi connectivity index (χ2v) is 1.76. The number of carboxylic acids is 1. The van der Waals surface area contributed by atoms with Gasteiger partial charge in [0.1, 0.15) is 0 Å². The number of rotatable bonds is 3. The largest absolute Gasteiger partial charge is 0.478 e. The topological polar surface area (TPSA) is 95.6 Å². The Labute approximate surface area is 65.5 Å². The van der Waals surface area contributed by atoms with Crippen LogP contribution in [0.4, 0.5) is 0 Å². The Balaban J connectivity index is 0. The number of nitrogens with one attached hydrogen (secondary N) is 1. The zero-order valence-electron chi connectivity index (χ0n) is 6.50. The lowest BCUT2D eigenvalue weighted by Crippen LogP contribution is -2.24. The quantitative estimate of drug-likeness (QED) is 0.245. The number of aliphatic carboxylic acids is 1. The van der Waals surface area contributed by atoms with Gasteiger partial charge >= 0.3 is 5.97 Å². The van der Waals surface area contributed by atoms with E-state index in [1.54, 1.807) is 0 Å². The van der Waals surface area contributed by atoms with E-state index < -0.39 is 5.97 Å². The fourth-order valence-electron chi connectivity index (χ4n) is 0.0645. The number of hydrogen-bond donors (Lipinski definition) is 4. The molecule has 0 fully saturated rings. The van der Waals surface area contributed by atoms with E-state index in [1.165, 1.54) is 6.92 Å². The van der Waals surface area contributed by atoms with Gasteiger partial charge in [-0.25, -0.2) is 4.79 Å². The summed E-state index contributed by atoms with van der Waals surface area (Å²) in [6.45, 7) is 5.18. The van der Waals surface area contributed by atoms with Crippen molar-refractivity contribution in [2.45, 2.75) is 6.92 Å². The molecule has 0 aliphatic rings. The summed E-state index contributed by atoms with van der Waals surface area (Å²) in [5.74, 6) is 3.79. The van der Waals surface area contributed by atoms with Gasteiger partial charge in [-0.05, 0) is 6.92 Å². The van der Waals surface area contributed by atoms with E-state index in [4.69, 9.17) is 16.1 Å². The van der Waals surface area contributed by atoms with Crippen molar-refractivity contribution in [1.82, 2.24) is 5.43 Å². The molecule has 0 heterocycles. The number of nitrogens with two attached hydrogens (primary N) is 1. The molecule has 5 heteroatoms. The minimum absolute atomic E-state index is 0.108. The van der Waals surface area contributed by atoms with Gasteiger partial charge in [0.05, 0.1) is 6.61 Å². The zero-order chi connectivity index (χ0) is 9.28. The molecule has 0 aliphatic heterocycles. The maximum Gasteiger partial charge on any atom is 0.330 e. The molecule has 0 aromatic carbocycles. The second-order valence-electron chi connectivity index (χ2n) is 1.76. The lowest BCUT2D eigenvalue weighted by molar-refractivity contribution is -0.132. The van der Waals surface area contributed by atoms with Gasteiger partial charge in [0, 0.05) is 12.1 Å². The van der Waals surface area contributed by atoms with Crippen molar-refractivity contribution in [1.29, 1.82) is 0 Å². The zero-order valence-corrected chi connectivity index (χ0v) is 6.50. The lowest BCUT2D eigenvalue weighted by Gasteiger charge is -1.84. The van der Waals surface area contributed by atoms with Crippen molar-refractivity contribution in [3.63, 3.8) is 0 Å². The summed E-state index contributed by atoms with van der Waals surface area (Å²) < 4.78 is 0. The smallest absolute Gasteiger partial charge is 0.330 e. The van der Waals surface area contributed by atoms with Crippen LogP contribution in [0.1, 0.15) is 6.92 Å². The fraction of sp³-hybridized carbons (Fsp3) is 0.500. The summed E-state index contributed by atoms with van der Waals surface area (Å²) >= 11 is 0.